The lowest BCUT2D eigenvalue weighted by Crippen LogP contribution is -2.40. The van der Waals surface area contributed by atoms with Crippen LogP contribution in [0.1, 0.15) is 44.7 Å². The van der Waals surface area contributed by atoms with Crippen LogP contribution in [0.25, 0.3) is 0 Å². The first kappa shape index (κ1) is 13.9. The molecule has 19 heavy (non-hydrogen) atoms. The molecule has 104 valence electrons. The van der Waals surface area contributed by atoms with Gasteiger partial charge in [-0.2, -0.15) is 0 Å². The summed E-state index contributed by atoms with van der Waals surface area (Å²) < 4.78 is 5.86. The van der Waals surface area contributed by atoms with Crippen LogP contribution in [0.5, 0.6) is 5.75 Å². The van der Waals surface area contributed by atoms with Crippen LogP contribution in [-0.4, -0.2) is 18.1 Å². The highest BCUT2D eigenvalue weighted by atomic mass is 16.5. The van der Waals surface area contributed by atoms with Crippen molar-refractivity contribution in [3.05, 3.63) is 29.3 Å². The second-order valence-corrected chi connectivity index (χ2v) is 5.52. The second-order valence-electron chi connectivity index (χ2n) is 5.52. The van der Waals surface area contributed by atoms with Gasteiger partial charge in [-0.05, 0) is 63.6 Å². The standard InChI is InChI=1S/C16H23NO2/c1-11(2)17-16(18)12(3)19-15-10-6-8-13-7-4-5-9-14(13)15/h6,8,10-12H,4-5,7,9H2,1-3H3,(H,17,18). The van der Waals surface area contributed by atoms with Gasteiger partial charge in [0.15, 0.2) is 6.10 Å². The molecule has 0 saturated carbocycles. The van der Waals surface area contributed by atoms with E-state index in [9.17, 15) is 4.79 Å². The fourth-order valence-corrected chi connectivity index (χ4v) is 2.50. The SMILES string of the molecule is CC(C)NC(=O)C(C)Oc1cccc2c1CCCC2. The first-order valence-electron chi connectivity index (χ1n) is 7.15. The first-order valence-corrected chi connectivity index (χ1v) is 7.15. The highest BCUT2D eigenvalue weighted by Gasteiger charge is 2.19. The molecule has 0 aliphatic heterocycles. The summed E-state index contributed by atoms with van der Waals surface area (Å²) >= 11 is 0. The number of benzene rings is 1. The van der Waals surface area contributed by atoms with E-state index in [0.717, 1.165) is 18.6 Å². The van der Waals surface area contributed by atoms with Crippen molar-refractivity contribution in [2.45, 2.75) is 58.6 Å². The molecule has 3 nitrogen and oxygen atoms in total. The smallest absolute Gasteiger partial charge is 0.260 e. The Morgan fingerprint density at radius 2 is 1.95 bits per heavy atom. The van der Waals surface area contributed by atoms with Crippen LogP contribution in [0.15, 0.2) is 18.2 Å². The van der Waals surface area contributed by atoms with Gasteiger partial charge in [0.25, 0.3) is 5.91 Å². The predicted octanol–water partition coefficient (Wildman–Crippen LogP) is 2.86. The number of hydrogen-bond acceptors (Lipinski definition) is 2. The molecule has 1 N–H and O–H groups in total. The fourth-order valence-electron chi connectivity index (χ4n) is 2.50. The zero-order valence-corrected chi connectivity index (χ0v) is 12.0. The summed E-state index contributed by atoms with van der Waals surface area (Å²) in [6, 6.07) is 6.30. The molecule has 1 aromatic carbocycles. The molecule has 3 heteroatoms. The molecule has 0 fully saturated rings. The van der Waals surface area contributed by atoms with Gasteiger partial charge in [-0.25, -0.2) is 0 Å². The Bertz CT molecular complexity index is 454. The Labute approximate surface area is 115 Å². The molecule has 1 atom stereocenters. The van der Waals surface area contributed by atoms with Crippen molar-refractivity contribution in [1.82, 2.24) is 5.32 Å². The molecule has 0 heterocycles. The van der Waals surface area contributed by atoms with Gasteiger partial charge in [0.05, 0.1) is 0 Å². The van der Waals surface area contributed by atoms with E-state index in [2.05, 4.69) is 11.4 Å². The minimum absolute atomic E-state index is 0.0524. The molecule has 0 aromatic heterocycles. The molecular weight excluding hydrogens is 238 g/mol. The van der Waals surface area contributed by atoms with E-state index in [4.69, 9.17) is 4.74 Å². The number of fused-ring (bicyclic) bond motifs is 1. The Hall–Kier alpha value is -1.51. The largest absolute Gasteiger partial charge is 0.481 e. The summed E-state index contributed by atoms with van der Waals surface area (Å²) in [6.07, 6.45) is 4.19. The highest BCUT2D eigenvalue weighted by molar-refractivity contribution is 5.81. The van der Waals surface area contributed by atoms with Gasteiger partial charge in [0.1, 0.15) is 5.75 Å². The Morgan fingerprint density at radius 3 is 2.68 bits per heavy atom. The van der Waals surface area contributed by atoms with Crippen LogP contribution in [0, 0.1) is 0 Å². The first-order chi connectivity index (χ1) is 9.08. The molecule has 1 unspecified atom stereocenters. The van der Waals surface area contributed by atoms with Gasteiger partial charge in [0.2, 0.25) is 0 Å². The zero-order valence-electron chi connectivity index (χ0n) is 12.0. The summed E-state index contributed by atoms with van der Waals surface area (Å²) in [6.45, 7) is 5.71. The molecular formula is C16H23NO2. The quantitative estimate of drug-likeness (QED) is 0.905. The molecule has 1 aliphatic rings. The summed E-state index contributed by atoms with van der Waals surface area (Å²) in [4.78, 5) is 11.9. The van der Waals surface area contributed by atoms with Crippen molar-refractivity contribution in [3.63, 3.8) is 0 Å². The summed E-state index contributed by atoms with van der Waals surface area (Å²) in [5, 5.41) is 2.88. The monoisotopic (exact) mass is 261 g/mol. The Kier molecular flexibility index (Phi) is 4.46. The Balaban J connectivity index is 2.08. The van der Waals surface area contributed by atoms with Gasteiger partial charge in [-0.1, -0.05) is 12.1 Å². The zero-order chi connectivity index (χ0) is 13.8. The van der Waals surface area contributed by atoms with E-state index in [1.165, 1.54) is 24.0 Å². The average molecular weight is 261 g/mol. The molecule has 2 rings (SSSR count). The van der Waals surface area contributed by atoms with Gasteiger partial charge in [0, 0.05) is 6.04 Å². The van der Waals surface area contributed by atoms with Gasteiger partial charge in [-0.3, -0.25) is 4.79 Å². The lowest BCUT2D eigenvalue weighted by atomic mass is 9.91. The molecule has 0 spiro atoms. The van der Waals surface area contributed by atoms with Crippen molar-refractivity contribution in [1.29, 1.82) is 0 Å². The van der Waals surface area contributed by atoms with Crippen LogP contribution in [-0.2, 0) is 17.6 Å². The van der Waals surface area contributed by atoms with E-state index < -0.39 is 6.10 Å². The number of hydrogen-bond donors (Lipinski definition) is 1. The second kappa shape index (κ2) is 6.09. The lowest BCUT2D eigenvalue weighted by Gasteiger charge is -2.22. The van der Waals surface area contributed by atoms with Gasteiger partial charge >= 0.3 is 0 Å². The minimum Gasteiger partial charge on any atom is -0.481 e. The number of amides is 1. The summed E-state index contributed by atoms with van der Waals surface area (Å²) in [7, 11) is 0. The topological polar surface area (TPSA) is 38.3 Å². The van der Waals surface area contributed by atoms with E-state index in [1.54, 1.807) is 6.92 Å². The van der Waals surface area contributed by atoms with Crippen LogP contribution in [0.3, 0.4) is 0 Å². The minimum atomic E-state index is -0.448. The number of rotatable bonds is 4. The van der Waals surface area contributed by atoms with Crippen molar-refractivity contribution in [3.8, 4) is 5.75 Å². The summed E-state index contributed by atoms with van der Waals surface area (Å²) in [5.41, 5.74) is 2.66. The van der Waals surface area contributed by atoms with Crippen LogP contribution < -0.4 is 10.1 Å². The van der Waals surface area contributed by atoms with E-state index in [1.807, 2.05) is 26.0 Å². The van der Waals surface area contributed by atoms with Crippen LogP contribution in [0.2, 0.25) is 0 Å². The normalized spacial score (nSPS) is 15.8. The van der Waals surface area contributed by atoms with E-state index in [-0.39, 0.29) is 11.9 Å². The van der Waals surface area contributed by atoms with Gasteiger partial charge in [-0.15, -0.1) is 0 Å². The number of aryl methyl sites for hydroxylation is 1. The fraction of sp³-hybridized carbons (Fsp3) is 0.562. The van der Waals surface area contributed by atoms with E-state index >= 15 is 0 Å². The summed E-state index contributed by atoms with van der Waals surface area (Å²) in [5.74, 6) is 0.826. The maximum Gasteiger partial charge on any atom is 0.260 e. The molecule has 1 amide bonds. The Morgan fingerprint density at radius 1 is 1.21 bits per heavy atom. The predicted molar refractivity (Wildman–Crippen MR) is 76.5 cm³/mol. The van der Waals surface area contributed by atoms with Crippen molar-refractivity contribution in [2.75, 3.05) is 0 Å². The highest BCUT2D eigenvalue weighted by Crippen LogP contribution is 2.30. The van der Waals surface area contributed by atoms with E-state index in [0.29, 0.717) is 0 Å². The maximum atomic E-state index is 11.9. The third-order valence-electron chi connectivity index (χ3n) is 3.46. The number of carbonyl (C=O) groups excluding carboxylic acids is 1. The maximum absolute atomic E-state index is 11.9. The van der Waals surface area contributed by atoms with Crippen molar-refractivity contribution in [2.24, 2.45) is 0 Å². The van der Waals surface area contributed by atoms with Gasteiger partial charge < -0.3 is 10.1 Å². The third-order valence-corrected chi connectivity index (χ3v) is 3.46. The molecule has 1 aromatic rings. The van der Waals surface area contributed by atoms with Crippen LogP contribution >= 0.6 is 0 Å². The van der Waals surface area contributed by atoms with Crippen LogP contribution in [0.4, 0.5) is 0 Å². The average Bonchev–Trinajstić information content (AvgIpc) is 2.38. The lowest BCUT2D eigenvalue weighted by molar-refractivity contribution is -0.127. The van der Waals surface area contributed by atoms with Crippen molar-refractivity contribution < 1.29 is 9.53 Å². The number of carbonyl (C=O) groups is 1. The number of nitrogens with one attached hydrogen (secondary N) is 1. The third kappa shape index (κ3) is 3.49. The molecule has 0 bridgehead atoms. The van der Waals surface area contributed by atoms with Crippen molar-refractivity contribution >= 4 is 5.91 Å². The molecule has 0 saturated heterocycles. The molecule has 0 radical (unpaired) electrons. The number of ether oxygens (including phenoxy) is 1. The molecule has 1 aliphatic carbocycles.